The zero-order chi connectivity index (χ0) is 21.5. The Balaban J connectivity index is 1.61. The number of aryl methyl sites for hydroxylation is 1. The molecule has 1 unspecified atom stereocenters. The number of hydrogen-bond donors (Lipinski definition) is 0. The Labute approximate surface area is 180 Å². The Morgan fingerprint density at radius 2 is 2.13 bits per heavy atom. The smallest absolute Gasteiger partial charge is 0.270 e. The highest BCUT2D eigenvalue weighted by atomic mass is 32.2. The van der Waals surface area contributed by atoms with Crippen LogP contribution < -0.4 is 4.80 Å². The van der Waals surface area contributed by atoms with Crippen molar-refractivity contribution in [2.24, 2.45) is 18.0 Å². The van der Waals surface area contributed by atoms with E-state index in [1.165, 1.54) is 27.8 Å². The molecule has 2 aromatic heterocycles. The van der Waals surface area contributed by atoms with E-state index in [1.807, 2.05) is 0 Å². The molecule has 3 heterocycles. The standard InChI is InChI=1S/C18H18N4O5S3/c1-20-14-7-6-13(22(24)25)10-15(14)29-18(20)19-17(23)12-4-2-8-21(11-12)30(26,27)16-5-3-9-28-16/h3,5-7,9-10,12H,2,4,8,11H2,1H3. The molecule has 3 aromatic rings. The number of piperidine rings is 1. The van der Waals surface area contributed by atoms with Gasteiger partial charge in [0.1, 0.15) is 4.21 Å². The van der Waals surface area contributed by atoms with Gasteiger partial charge >= 0.3 is 0 Å². The largest absolute Gasteiger partial charge is 0.319 e. The summed E-state index contributed by atoms with van der Waals surface area (Å²) in [7, 11) is -1.87. The number of carbonyl (C=O) groups is 1. The number of carbonyl (C=O) groups excluding carboxylic acids is 1. The Hall–Kier alpha value is -2.41. The molecule has 0 spiro atoms. The van der Waals surface area contributed by atoms with Crippen LogP contribution in [0.3, 0.4) is 0 Å². The minimum absolute atomic E-state index is 0.0241. The Kier molecular flexibility index (Phi) is 5.57. The quantitative estimate of drug-likeness (QED) is 0.433. The van der Waals surface area contributed by atoms with Crippen molar-refractivity contribution >= 4 is 54.5 Å². The number of nitro groups is 1. The maximum absolute atomic E-state index is 12.8. The van der Waals surface area contributed by atoms with E-state index in [4.69, 9.17) is 0 Å². The van der Waals surface area contributed by atoms with Crippen molar-refractivity contribution in [1.29, 1.82) is 0 Å². The van der Waals surface area contributed by atoms with Crippen LogP contribution in [-0.2, 0) is 21.9 Å². The lowest BCUT2D eigenvalue weighted by Crippen LogP contribution is -2.42. The first-order chi connectivity index (χ1) is 14.3. The maximum Gasteiger partial charge on any atom is 0.270 e. The molecule has 1 aliphatic rings. The maximum atomic E-state index is 12.8. The highest BCUT2D eigenvalue weighted by molar-refractivity contribution is 7.91. The Morgan fingerprint density at radius 1 is 1.33 bits per heavy atom. The number of hydrogen-bond acceptors (Lipinski definition) is 7. The van der Waals surface area contributed by atoms with Crippen molar-refractivity contribution in [3.8, 4) is 0 Å². The first-order valence-corrected chi connectivity index (χ1v) is 12.3. The van der Waals surface area contributed by atoms with Crippen molar-refractivity contribution < 1.29 is 18.1 Å². The first-order valence-electron chi connectivity index (χ1n) is 9.13. The van der Waals surface area contributed by atoms with E-state index in [0.29, 0.717) is 28.9 Å². The number of benzene rings is 1. The molecule has 4 rings (SSSR count). The molecule has 158 valence electrons. The molecule has 1 aromatic carbocycles. The molecule has 0 radical (unpaired) electrons. The molecule has 0 N–H and O–H groups in total. The predicted octanol–water partition coefficient (Wildman–Crippen LogP) is 2.74. The summed E-state index contributed by atoms with van der Waals surface area (Å²) in [5, 5.41) is 12.7. The highest BCUT2D eigenvalue weighted by Gasteiger charge is 2.33. The van der Waals surface area contributed by atoms with Crippen LogP contribution in [0.15, 0.2) is 44.9 Å². The minimum Gasteiger partial charge on any atom is -0.319 e. The predicted molar refractivity (Wildman–Crippen MR) is 114 cm³/mol. The zero-order valence-corrected chi connectivity index (χ0v) is 18.4. The lowest BCUT2D eigenvalue weighted by Gasteiger charge is -2.29. The number of aromatic nitrogens is 1. The average Bonchev–Trinajstić information content (AvgIpc) is 3.37. The Morgan fingerprint density at radius 3 is 2.83 bits per heavy atom. The number of non-ortho nitro benzene ring substituents is 1. The van der Waals surface area contributed by atoms with Crippen molar-refractivity contribution in [1.82, 2.24) is 8.87 Å². The number of rotatable bonds is 4. The summed E-state index contributed by atoms with van der Waals surface area (Å²) in [4.78, 5) is 28.0. The second-order valence-electron chi connectivity index (χ2n) is 6.94. The van der Waals surface area contributed by atoms with Crippen molar-refractivity contribution in [2.45, 2.75) is 17.1 Å². The third-order valence-electron chi connectivity index (χ3n) is 5.03. The minimum atomic E-state index is -3.61. The molecule has 1 aliphatic heterocycles. The lowest BCUT2D eigenvalue weighted by atomic mass is 9.99. The number of sulfonamides is 1. The molecule has 1 amide bonds. The molecule has 12 heteroatoms. The van der Waals surface area contributed by atoms with E-state index in [9.17, 15) is 23.3 Å². The molecular formula is C18H18N4O5S3. The van der Waals surface area contributed by atoms with E-state index < -0.39 is 20.9 Å². The molecule has 9 nitrogen and oxygen atoms in total. The van der Waals surface area contributed by atoms with Gasteiger partial charge in [0.05, 0.1) is 21.1 Å². The lowest BCUT2D eigenvalue weighted by molar-refractivity contribution is -0.384. The monoisotopic (exact) mass is 466 g/mol. The van der Waals surface area contributed by atoms with Crippen LogP contribution in [0.5, 0.6) is 0 Å². The molecule has 30 heavy (non-hydrogen) atoms. The van der Waals surface area contributed by atoms with Crippen LogP contribution in [-0.4, -0.2) is 41.2 Å². The summed E-state index contributed by atoms with van der Waals surface area (Å²) < 4.78 is 29.5. The number of amides is 1. The van der Waals surface area contributed by atoms with Gasteiger partial charge in [-0.05, 0) is 30.4 Å². The summed E-state index contributed by atoms with van der Waals surface area (Å²) in [6.07, 6.45) is 1.15. The number of thiophene rings is 1. The second-order valence-corrected chi connectivity index (χ2v) is 11.1. The molecule has 1 fully saturated rings. The third-order valence-corrected chi connectivity index (χ3v) is 9.36. The van der Waals surface area contributed by atoms with Crippen molar-refractivity contribution in [3.63, 3.8) is 0 Å². The third kappa shape index (κ3) is 3.83. The van der Waals surface area contributed by atoms with Crippen molar-refractivity contribution in [3.05, 3.63) is 50.6 Å². The van der Waals surface area contributed by atoms with Gasteiger partial charge in [0.25, 0.3) is 21.6 Å². The molecule has 0 bridgehead atoms. The van der Waals surface area contributed by atoms with Crippen LogP contribution in [0.1, 0.15) is 12.8 Å². The van der Waals surface area contributed by atoms with Gasteiger partial charge in [0, 0.05) is 32.3 Å². The fourth-order valence-corrected chi connectivity index (χ4v) is 7.15. The number of fused-ring (bicyclic) bond motifs is 1. The fourth-order valence-electron chi connectivity index (χ4n) is 3.43. The van der Waals surface area contributed by atoms with Crippen molar-refractivity contribution in [2.75, 3.05) is 13.1 Å². The highest BCUT2D eigenvalue weighted by Crippen LogP contribution is 2.27. The van der Waals surface area contributed by atoms with Gasteiger partial charge in [-0.1, -0.05) is 17.4 Å². The number of nitro benzene ring substituents is 1. The second kappa shape index (κ2) is 8.02. The van der Waals surface area contributed by atoms with Gasteiger partial charge in [-0.25, -0.2) is 8.42 Å². The summed E-state index contributed by atoms with van der Waals surface area (Å²) >= 11 is 2.35. The summed E-state index contributed by atoms with van der Waals surface area (Å²) in [6.45, 7) is 0.479. The Bertz CT molecular complexity index is 1290. The molecule has 0 saturated carbocycles. The van der Waals surface area contributed by atoms with E-state index in [1.54, 1.807) is 35.2 Å². The van der Waals surface area contributed by atoms with E-state index >= 15 is 0 Å². The molecule has 1 atom stereocenters. The van der Waals surface area contributed by atoms with Gasteiger partial charge < -0.3 is 4.57 Å². The average molecular weight is 467 g/mol. The zero-order valence-electron chi connectivity index (χ0n) is 15.9. The van der Waals surface area contributed by atoms with Gasteiger partial charge in [0.15, 0.2) is 4.80 Å². The first kappa shape index (κ1) is 20.8. The molecule has 1 saturated heterocycles. The summed E-state index contributed by atoms with van der Waals surface area (Å²) in [6, 6.07) is 7.75. The van der Waals surface area contributed by atoms with Gasteiger partial charge in [-0.15, -0.1) is 11.3 Å². The van der Waals surface area contributed by atoms with Crippen LogP contribution in [0.2, 0.25) is 0 Å². The summed E-state index contributed by atoms with van der Waals surface area (Å²) in [5.41, 5.74) is 0.714. The topological polar surface area (TPSA) is 115 Å². The fraction of sp³-hybridized carbons (Fsp3) is 0.333. The van der Waals surface area contributed by atoms with Gasteiger partial charge in [-0.2, -0.15) is 9.30 Å². The van der Waals surface area contributed by atoms with Crippen LogP contribution >= 0.6 is 22.7 Å². The van der Waals surface area contributed by atoms with E-state index in [0.717, 1.165) is 16.9 Å². The van der Waals surface area contributed by atoms with Gasteiger partial charge in [0.2, 0.25) is 0 Å². The number of nitrogens with zero attached hydrogens (tertiary/aromatic N) is 4. The molecule has 0 aliphatic carbocycles. The van der Waals surface area contributed by atoms with Gasteiger partial charge in [-0.3, -0.25) is 14.9 Å². The van der Waals surface area contributed by atoms with E-state index in [2.05, 4.69) is 4.99 Å². The van der Waals surface area contributed by atoms with Crippen LogP contribution in [0.4, 0.5) is 5.69 Å². The number of thiazole rings is 1. The molecular weight excluding hydrogens is 448 g/mol. The SMILES string of the molecule is Cn1c(=NC(=O)C2CCCN(S(=O)(=O)c3cccs3)C2)sc2cc([N+](=O)[O-])ccc21. The van der Waals surface area contributed by atoms with Crippen LogP contribution in [0.25, 0.3) is 10.2 Å². The normalized spacial score (nSPS) is 18.7. The van der Waals surface area contributed by atoms with Crippen LogP contribution in [0, 0.1) is 16.0 Å². The summed E-state index contributed by atoms with van der Waals surface area (Å²) in [5.74, 6) is -0.897. The van der Waals surface area contributed by atoms with E-state index in [-0.39, 0.29) is 22.3 Å².